The molecule has 1 aromatic heterocycles. The van der Waals surface area contributed by atoms with Crippen molar-refractivity contribution in [2.45, 2.75) is 6.54 Å². The van der Waals surface area contributed by atoms with Crippen molar-refractivity contribution in [1.29, 1.82) is 0 Å². The fourth-order valence-corrected chi connectivity index (χ4v) is 2.67. The number of aliphatic hydroxyl groups excluding tert-OH is 1. The van der Waals surface area contributed by atoms with Gasteiger partial charge >= 0.3 is 0 Å². The number of benzene rings is 1. The monoisotopic (exact) mass is 260 g/mol. The molecule has 0 bridgehead atoms. The molecule has 2 heterocycles. The van der Waals surface area contributed by atoms with Crippen LogP contribution in [0.3, 0.4) is 0 Å². The molecule has 0 spiro atoms. The number of aryl methyl sites for hydroxylation is 1. The number of nitrogens with one attached hydrogen (secondary N) is 1. The molecule has 3 rings (SSSR count). The fourth-order valence-electron chi connectivity index (χ4n) is 2.67. The molecule has 1 aliphatic heterocycles. The summed E-state index contributed by atoms with van der Waals surface area (Å²) in [5, 5.41) is 14.1. The minimum atomic E-state index is -0.0649. The molecule has 0 unspecified atom stereocenters. The van der Waals surface area contributed by atoms with E-state index >= 15 is 0 Å². The van der Waals surface area contributed by atoms with Crippen molar-refractivity contribution in [3.63, 3.8) is 0 Å². The van der Waals surface area contributed by atoms with Gasteiger partial charge in [0.2, 0.25) is 0 Å². The second-order valence-corrected chi connectivity index (χ2v) is 5.54. The molecule has 1 aromatic carbocycles. The highest BCUT2D eigenvalue weighted by Crippen LogP contribution is 2.26. The summed E-state index contributed by atoms with van der Waals surface area (Å²) in [6, 6.07) is 8.42. The molecule has 0 radical (unpaired) electrons. The summed E-state index contributed by atoms with van der Waals surface area (Å²) in [4.78, 5) is 0. The predicted molar refractivity (Wildman–Crippen MR) is 75.0 cm³/mol. The fraction of sp³-hybridized carbons (Fsp3) is 0.467. The first-order valence-corrected chi connectivity index (χ1v) is 6.66. The summed E-state index contributed by atoms with van der Waals surface area (Å²) in [7, 11) is 2.07. The van der Waals surface area contributed by atoms with Crippen LogP contribution in [0, 0.1) is 5.41 Å². The molecule has 2 aromatic rings. The summed E-state index contributed by atoms with van der Waals surface area (Å²) < 4.78 is 7.36. The van der Waals surface area contributed by atoms with Crippen LogP contribution in [-0.4, -0.2) is 36.0 Å². The second kappa shape index (κ2) is 4.96. The van der Waals surface area contributed by atoms with Crippen molar-refractivity contribution < 1.29 is 9.84 Å². The van der Waals surface area contributed by atoms with Crippen LogP contribution in [-0.2, 0) is 18.3 Å². The third-order valence-electron chi connectivity index (χ3n) is 3.95. The van der Waals surface area contributed by atoms with E-state index in [1.807, 2.05) is 0 Å². The van der Waals surface area contributed by atoms with E-state index < -0.39 is 0 Å². The molecule has 1 fully saturated rings. The number of nitrogens with zero attached hydrogens (tertiary/aromatic N) is 1. The van der Waals surface area contributed by atoms with Gasteiger partial charge in [-0.3, -0.25) is 0 Å². The van der Waals surface area contributed by atoms with E-state index in [0.29, 0.717) is 13.2 Å². The van der Waals surface area contributed by atoms with Gasteiger partial charge in [0.1, 0.15) is 0 Å². The molecule has 1 aliphatic rings. The highest BCUT2D eigenvalue weighted by Gasteiger charge is 2.37. The Morgan fingerprint density at radius 3 is 2.84 bits per heavy atom. The Balaban J connectivity index is 1.69. The van der Waals surface area contributed by atoms with Crippen LogP contribution >= 0.6 is 0 Å². The molecule has 0 atom stereocenters. The molecule has 102 valence electrons. The van der Waals surface area contributed by atoms with Crippen molar-refractivity contribution in [1.82, 2.24) is 9.88 Å². The second-order valence-electron chi connectivity index (χ2n) is 5.54. The maximum Gasteiger partial charge on any atom is 0.0579 e. The van der Waals surface area contributed by atoms with Crippen molar-refractivity contribution in [2.24, 2.45) is 12.5 Å². The first-order chi connectivity index (χ1) is 9.24. The van der Waals surface area contributed by atoms with Crippen LogP contribution in [0.4, 0.5) is 0 Å². The van der Waals surface area contributed by atoms with Gasteiger partial charge in [0.05, 0.1) is 25.2 Å². The maximum atomic E-state index is 9.39. The van der Waals surface area contributed by atoms with Crippen LogP contribution in [0.5, 0.6) is 0 Å². The zero-order valence-electron chi connectivity index (χ0n) is 11.2. The predicted octanol–water partition coefficient (Wildman–Crippen LogP) is 1.28. The van der Waals surface area contributed by atoms with Crippen LogP contribution < -0.4 is 5.32 Å². The molecule has 19 heavy (non-hydrogen) atoms. The Kier molecular flexibility index (Phi) is 3.31. The molecule has 0 saturated carbocycles. The molecule has 2 N–H and O–H groups in total. The summed E-state index contributed by atoms with van der Waals surface area (Å²) in [5.74, 6) is 0. The number of rotatable bonds is 5. The minimum absolute atomic E-state index is 0.0649. The summed E-state index contributed by atoms with van der Waals surface area (Å²) >= 11 is 0. The molecule has 1 saturated heterocycles. The zero-order chi connectivity index (χ0) is 13.3. The van der Waals surface area contributed by atoms with Crippen LogP contribution in [0.25, 0.3) is 10.9 Å². The third kappa shape index (κ3) is 2.27. The first-order valence-electron chi connectivity index (χ1n) is 6.66. The molecule has 4 heteroatoms. The van der Waals surface area contributed by atoms with Gasteiger partial charge in [-0.1, -0.05) is 18.2 Å². The van der Waals surface area contributed by atoms with Gasteiger partial charge in [-0.05, 0) is 11.6 Å². The topological polar surface area (TPSA) is 46.4 Å². The smallest absolute Gasteiger partial charge is 0.0579 e. The number of hydrogen-bond donors (Lipinski definition) is 2. The van der Waals surface area contributed by atoms with Crippen molar-refractivity contribution >= 4 is 10.9 Å². The van der Waals surface area contributed by atoms with Gasteiger partial charge in [0.25, 0.3) is 0 Å². The average Bonchev–Trinajstić information content (AvgIpc) is 2.71. The van der Waals surface area contributed by atoms with Crippen molar-refractivity contribution in [3.8, 4) is 0 Å². The maximum absolute atomic E-state index is 9.39. The summed E-state index contributed by atoms with van der Waals surface area (Å²) in [6.07, 6.45) is 2.17. The largest absolute Gasteiger partial charge is 0.396 e. The van der Waals surface area contributed by atoms with Crippen molar-refractivity contribution in [2.75, 3.05) is 26.4 Å². The number of aromatic nitrogens is 1. The molecular weight excluding hydrogens is 240 g/mol. The number of hydrogen-bond acceptors (Lipinski definition) is 3. The van der Waals surface area contributed by atoms with E-state index in [0.717, 1.165) is 13.1 Å². The first kappa shape index (κ1) is 12.7. The van der Waals surface area contributed by atoms with Crippen LogP contribution in [0.2, 0.25) is 0 Å². The Bertz CT molecular complexity index is 567. The highest BCUT2D eigenvalue weighted by molar-refractivity contribution is 5.83. The Morgan fingerprint density at radius 1 is 1.37 bits per heavy atom. The van der Waals surface area contributed by atoms with Gasteiger partial charge in [0, 0.05) is 37.2 Å². The third-order valence-corrected chi connectivity index (χ3v) is 3.95. The zero-order valence-corrected chi connectivity index (χ0v) is 11.2. The van der Waals surface area contributed by atoms with Gasteiger partial charge in [-0.25, -0.2) is 0 Å². The Morgan fingerprint density at radius 2 is 2.16 bits per heavy atom. The standard InChI is InChI=1S/C15H20N2O2/c1-17-7-12(13-4-2-3-5-14(13)17)6-16-8-15(9-18)10-19-11-15/h2-5,7,16,18H,6,8-11H2,1H3. The average molecular weight is 260 g/mol. The molecular formula is C15H20N2O2. The Labute approximate surface area is 113 Å². The summed E-state index contributed by atoms with van der Waals surface area (Å²) in [6.45, 7) is 3.13. The van der Waals surface area contributed by atoms with Gasteiger partial charge in [-0.15, -0.1) is 0 Å². The van der Waals surface area contributed by atoms with E-state index in [9.17, 15) is 5.11 Å². The lowest BCUT2D eigenvalue weighted by atomic mass is 9.87. The van der Waals surface area contributed by atoms with E-state index in [1.54, 1.807) is 0 Å². The van der Waals surface area contributed by atoms with Gasteiger partial charge in [-0.2, -0.15) is 0 Å². The van der Waals surface area contributed by atoms with Crippen molar-refractivity contribution in [3.05, 3.63) is 36.0 Å². The lowest BCUT2D eigenvalue weighted by Gasteiger charge is -2.40. The van der Waals surface area contributed by atoms with E-state index in [2.05, 4.69) is 47.4 Å². The number of ether oxygens (including phenoxy) is 1. The molecule has 0 amide bonds. The summed E-state index contributed by atoms with van der Waals surface area (Å²) in [5.41, 5.74) is 2.49. The highest BCUT2D eigenvalue weighted by atomic mass is 16.5. The normalized spacial score (nSPS) is 17.6. The Hall–Kier alpha value is -1.36. The molecule has 4 nitrogen and oxygen atoms in total. The lowest BCUT2D eigenvalue weighted by molar-refractivity contribution is -0.134. The van der Waals surface area contributed by atoms with E-state index in [4.69, 9.17) is 4.74 Å². The number of aliphatic hydroxyl groups is 1. The van der Waals surface area contributed by atoms with Gasteiger partial charge in [0.15, 0.2) is 0 Å². The van der Waals surface area contributed by atoms with E-state index in [1.165, 1.54) is 16.5 Å². The molecule has 0 aliphatic carbocycles. The SMILES string of the molecule is Cn1cc(CNCC2(CO)COC2)c2ccccc21. The lowest BCUT2D eigenvalue weighted by Crippen LogP contribution is -2.52. The number of para-hydroxylation sites is 1. The minimum Gasteiger partial charge on any atom is -0.396 e. The van der Waals surface area contributed by atoms with Crippen LogP contribution in [0.1, 0.15) is 5.56 Å². The van der Waals surface area contributed by atoms with Crippen LogP contribution in [0.15, 0.2) is 30.5 Å². The van der Waals surface area contributed by atoms with E-state index in [-0.39, 0.29) is 12.0 Å². The number of fused-ring (bicyclic) bond motifs is 1. The quantitative estimate of drug-likeness (QED) is 0.851. The van der Waals surface area contributed by atoms with Gasteiger partial charge < -0.3 is 19.7 Å².